The highest BCUT2D eigenvalue weighted by molar-refractivity contribution is 7.90. The lowest BCUT2D eigenvalue weighted by Gasteiger charge is -2.32. The zero-order valence-corrected chi connectivity index (χ0v) is 19.4. The Kier molecular flexibility index (Phi) is 6.35. The molecule has 164 valence electrons. The zero-order valence-electron chi connectivity index (χ0n) is 17.8. The average Bonchev–Trinajstić information content (AvgIpc) is 2.90. The van der Waals surface area contributed by atoms with Crippen molar-refractivity contribution in [3.8, 4) is 0 Å². The van der Waals surface area contributed by atoms with Crippen molar-refractivity contribution < 1.29 is 22.5 Å². The van der Waals surface area contributed by atoms with Gasteiger partial charge in [-0.15, -0.1) is 0 Å². The molecule has 1 aliphatic rings. The molecule has 0 atom stereocenters. The van der Waals surface area contributed by atoms with Crippen molar-refractivity contribution in [3.63, 3.8) is 0 Å². The second-order valence-electron chi connectivity index (χ2n) is 8.26. The fourth-order valence-electron chi connectivity index (χ4n) is 3.09. The highest BCUT2D eigenvalue weighted by Crippen LogP contribution is 2.37. The van der Waals surface area contributed by atoms with Crippen molar-refractivity contribution >= 4 is 52.5 Å². The van der Waals surface area contributed by atoms with Gasteiger partial charge in [-0.2, -0.15) is 12.8 Å². The van der Waals surface area contributed by atoms with E-state index in [1.165, 1.54) is 6.07 Å². The van der Waals surface area contributed by atoms with E-state index in [2.05, 4.69) is 16.4 Å². The maximum Gasteiger partial charge on any atom is 0.496 e. The number of carbonyl (C=O) groups is 1. The normalized spacial score (nSPS) is 17.4. The minimum Gasteiger partial charge on any atom is -0.399 e. The van der Waals surface area contributed by atoms with Crippen molar-refractivity contribution in [2.75, 3.05) is 5.32 Å². The maximum atomic E-state index is 12.6. The summed E-state index contributed by atoms with van der Waals surface area (Å²) < 4.78 is 40.5. The minimum atomic E-state index is -4.08. The summed E-state index contributed by atoms with van der Waals surface area (Å²) in [7, 11) is -5.00. The van der Waals surface area contributed by atoms with E-state index in [9.17, 15) is 13.2 Å². The summed E-state index contributed by atoms with van der Waals surface area (Å²) in [5, 5.41) is 3.18. The smallest absolute Gasteiger partial charge is 0.399 e. The summed E-state index contributed by atoms with van der Waals surface area (Å²) >= 11 is 6.11. The molecule has 1 saturated heterocycles. The lowest BCUT2D eigenvalue weighted by atomic mass is 9.79. The summed E-state index contributed by atoms with van der Waals surface area (Å²) in [5.41, 5.74) is -0.0598. The predicted octanol–water partition coefficient (Wildman–Crippen LogP) is 3.21. The van der Waals surface area contributed by atoms with E-state index in [1.807, 2.05) is 27.7 Å². The first-order valence-corrected chi connectivity index (χ1v) is 11.4. The lowest BCUT2D eigenvalue weighted by molar-refractivity contribution is -0.115. The van der Waals surface area contributed by atoms with Crippen molar-refractivity contribution in [1.29, 1.82) is 0 Å². The summed E-state index contributed by atoms with van der Waals surface area (Å²) in [4.78, 5) is 12.3. The van der Waals surface area contributed by atoms with Crippen LogP contribution in [0.15, 0.2) is 51.8 Å². The highest BCUT2D eigenvalue weighted by atomic mass is 35.5. The molecule has 31 heavy (non-hydrogen) atoms. The van der Waals surface area contributed by atoms with Gasteiger partial charge < -0.3 is 14.6 Å². The molecule has 1 N–H and O–H groups in total. The third-order valence-corrected chi connectivity index (χ3v) is 7.18. The molecule has 0 unspecified atom stereocenters. The van der Waals surface area contributed by atoms with Crippen LogP contribution < -0.4 is 10.8 Å². The lowest BCUT2D eigenvalue weighted by Crippen LogP contribution is -2.41. The van der Waals surface area contributed by atoms with Gasteiger partial charge in [0.05, 0.1) is 22.5 Å². The largest absolute Gasteiger partial charge is 0.496 e. The van der Waals surface area contributed by atoms with Crippen LogP contribution in [0.4, 0.5) is 5.69 Å². The Hall–Kier alpha value is -2.20. The Labute approximate surface area is 188 Å². The molecule has 2 aromatic carbocycles. The van der Waals surface area contributed by atoms with Gasteiger partial charge in [-0.1, -0.05) is 35.9 Å². The third-order valence-electron chi connectivity index (χ3n) is 5.56. The monoisotopic (exact) mass is 462 g/mol. The molecule has 0 saturated carbocycles. The SMILES string of the molecule is C=NS(=O)(=O)c1cc(NC(=O)Cc2ccccc2Cl)ccc1B1OC(C)(C)C(C)(C)O1. The summed E-state index contributed by atoms with van der Waals surface area (Å²) in [5.74, 6) is -0.341. The second-order valence-corrected chi connectivity index (χ2v) is 10.3. The van der Waals surface area contributed by atoms with Crippen LogP contribution in [0.25, 0.3) is 0 Å². The van der Waals surface area contributed by atoms with Gasteiger partial charge >= 0.3 is 7.12 Å². The van der Waals surface area contributed by atoms with Crippen LogP contribution in [0.5, 0.6) is 0 Å². The van der Waals surface area contributed by atoms with E-state index < -0.39 is 28.3 Å². The van der Waals surface area contributed by atoms with Gasteiger partial charge in [-0.05, 0) is 51.5 Å². The molecule has 0 aliphatic carbocycles. The van der Waals surface area contributed by atoms with E-state index in [0.717, 1.165) is 0 Å². The fourth-order valence-corrected chi connectivity index (χ4v) is 4.17. The van der Waals surface area contributed by atoms with Crippen LogP contribution in [0.2, 0.25) is 5.02 Å². The molecule has 1 amide bonds. The number of hydrogen-bond acceptors (Lipinski definition) is 5. The predicted molar refractivity (Wildman–Crippen MR) is 123 cm³/mol. The van der Waals surface area contributed by atoms with E-state index in [-0.39, 0.29) is 22.7 Å². The highest BCUT2D eigenvalue weighted by Gasteiger charge is 2.52. The van der Waals surface area contributed by atoms with E-state index in [1.54, 1.807) is 36.4 Å². The molecule has 1 fully saturated rings. The van der Waals surface area contributed by atoms with Gasteiger partial charge in [0.2, 0.25) is 5.91 Å². The van der Waals surface area contributed by atoms with Crippen molar-refractivity contribution in [2.24, 2.45) is 4.40 Å². The van der Waals surface area contributed by atoms with Gasteiger partial charge in [0.15, 0.2) is 0 Å². The number of benzene rings is 2. The Morgan fingerprint density at radius 1 is 1.13 bits per heavy atom. The molecule has 0 radical (unpaired) electrons. The quantitative estimate of drug-likeness (QED) is 0.525. The number of carbonyl (C=O) groups excluding carboxylic acids is 1. The average molecular weight is 463 g/mol. The summed E-state index contributed by atoms with van der Waals surface area (Å²) in [6, 6.07) is 11.5. The number of amides is 1. The number of nitrogens with zero attached hydrogens (tertiary/aromatic N) is 1. The van der Waals surface area contributed by atoms with Crippen LogP contribution >= 0.6 is 11.6 Å². The molecule has 2 aromatic rings. The van der Waals surface area contributed by atoms with Gasteiger partial charge in [0, 0.05) is 22.9 Å². The van der Waals surface area contributed by atoms with Gasteiger partial charge in [0.25, 0.3) is 10.0 Å². The Balaban J connectivity index is 1.91. The van der Waals surface area contributed by atoms with Crippen LogP contribution in [-0.2, 0) is 30.5 Å². The Bertz CT molecular complexity index is 1120. The van der Waals surface area contributed by atoms with Crippen LogP contribution in [-0.4, -0.2) is 39.4 Å². The van der Waals surface area contributed by atoms with Crippen molar-refractivity contribution in [1.82, 2.24) is 0 Å². The van der Waals surface area contributed by atoms with E-state index >= 15 is 0 Å². The van der Waals surface area contributed by atoms with Crippen LogP contribution in [0, 0.1) is 0 Å². The molecule has 3 rings (SSSR count). The number of nitrogens with one attached hydrogen (secondary N) is 1. The van der Waals surface area contributed by atoms with Gasteiger partial charge in [-0.25, -0.2) is 0 Å². The molecular weight excluding hydrogens is 439 g/mol. The molecule has 0 aromatic heterocycles. The maximum absolute atomic E-state index is 12.6. The molecule has 0 bridgehead atoms. The first kappa shape index (κ1) is 23.5. The minimum absolute atomic E-state index is 0.0421. The van der Waals surface area contributed by atoms with Gasteiger partial charge in [-0.3, -0.25) is 4.79 Å². The summed E-state index contributed by atoms with van der Waals surface area (Å²) in [6.45, 7) is 10.7. The fraction of sp³-hybridized carbons (Fsp3) is 0.333. The molecule has 1 heterocycles. The van der Waals surface area contributed by atoms with Crippen LogP contribution in [0.3, 0.4) is 0 Å². The number of anilines is 1. The van der Waals surface area contributed by atoms with E-state index in [4.69, 9.17) is 20.9 Å². The molecule has 1 aliphatic heterocycles. The first-order chi connectivity index (χ1) is 14.4. The second kappa shape index (κ2) is 8.39. The molecule has 10 heteroatoms. The summed E-state index contributed by atoms with van der Waals surface area (Å²) in [6.07, 6.45) is 0.0421. The Morgan fingerprint density at radius 3 is 2.32 bits per heavy atom. The standard InChI is InChI=1S/C21H24BClN2O5S/c1-20(2)21(3,4)30-22(29-20)16-11-10-15(13-18(16)31(27,28)24-5)25-19(26)12-14-8-6-7-9-17(14)23/h6-11,13H,5,12H2,1-4H3,(H,25,26). The Morgan fingerprint density at radius 2 is 1.74 bits per heavy atom. The molecular formula is C21H24BClN2O5S. The topological polar surface area (TPSA) is 94.1 Å². The zero-order chi connectivity index (χ0) is 23.0. The van der Waals surface area contributed by atoms with E-state index in [0.29, 0.717) is 16.3 Å². The number of hydrogen-bond donors (Lipinski definition) is 1. The molecule has 0 spiro atoms. The van der Waals surface area contributed by atoms with Crippen molar-refractivity contribution in [2.45, 2.75) is 50.2 Å². The van der Waals surface area contributed by atoms with Crippen LogP contribution in [0.1, 0.15) is 33.3 Å². The number of halogens is 1. The first-order valence-electron chi connectivity index (χ1n) is 9.62. The number of sulfonamides is 1. The molecule has 7 nitrogen and oxygen atoms in total. The van der Waals surface area contributed by atoms with Gasteiger partial charge in [0.1, 0.15) is 0 Å². The number of rotatable bonds is 6. The van der Waals surface area contributed by atoms with Crippen molar-refractivity contribution in [3.05, 3.63) is 53.1 Å². The third kappa shape index (κ3) is 4.85.